The van der Waals surface area contributed by atoms with Gasteiger partial charge >= 0.3 is 0 Å². The third kappa shape index (κ3) is 4.85. The van der Waals surface area contributed by atoms with Crippen molar-refractivity contribution in [3.8, 4) is 5.75 Å². The van der Waals surface area contributed by atoms with Crippen molar-refractivity contribution in [1.82, 2.24) is 10.6 Å². The van der Waals surface area contributed by atoms with Gasteiger partial charge in [0, 0.05) is 18.7 Å². The third-order valence-electron chi connectivity index (χ3n) is 3.07. The maximum absolute atomic E-state index is 11.9. The van der Waals surface area contributed by atoms with Gasteiger partial charge in [0.2, 0.25) is 0 Å². The van der Waals surface area contributed by atoms with Gasteiger partial charge in [0.25, 0.3) is 5.91 Å². The van der Waals surface area contributed by atoms with E-state index in [4.69, 9.17) is 4.74 Å². The second-order valence-corrected chi connectivity index (χ2v) is 4.89. The van der Waals surface area contributed by atoms with Crippen molar-refractivity contribution in [3.05, 3.63) is 29.3 Å². The first-order chi connectivity index (χ1) is 9.60. The Labute approximate surface area is 121 Å². The molecule has 1 amide bonds. The summed E-state index contributed by atoms with van der Waals surface area (Å²) in [6.07, 6.45) is 0.442. The fourth-order valence-corrected chi connectivity index (χ4v) is 1.90. The van der Waals surface area contributed by atoms with E-state index < -0.39 is 6.10 Å². The zero-order valence-electron chi connectivity index (χ0n) is 13.0. The Morgan fingerprint density at radius 3 is 2.75 bits per heavy atom. The predicted octanol–water partition coefficient (Wildman–Crippen LogP) is 2.40. The van der Waals surface area contributed by atoms with Crippen LogP contribution in [0.1, 0.15) is 38.3 Å². The van der Waals surface area contributed by atoms with Crippen molar-refractivity contribution in [2.45, 2.75) is 46.8 Å². The second kappa shape index (κ2) is 8.59. The first-order valence-corrected chi connectivity index (χ1v) is 7.33. The normalized spacial score (nSPS) is 12.0. The molecule has 0 saturated heterocycles. The van der Waals surface area contributed by atoms with E-state index in [2.05, 4.69) is 17.6 Å². The molecular formula is C16H26N2O2. The molecule has 20 heavy (non-hydrogen) atoms. The number of amides is 1. The number of benzene rings is 1. The minimum absolute atomic E-state index is 0.0653. The number of nitrogens with one attached hydrogen (secondary N) is 2. The van der Waals surface area contributed by atoms with E-state index in [-0.39, 0.29) is 5.91 Å². The molecule has 1 rings (SSSR count). The van der Waals surface area contributed by atoms with Gasteiger partial charge in [0.05, 0.1) is 0 Å². The topological polar surface area (TPSA) is 50.4 Å². The van der Waals surface area contributed by atoms with E-state index in [0.29, 0.717) is 6.54 Å². The number of carbonyl (C=O) groups is 1. The summed E-state index contributed by atoms with van der Waals surface area (Å²) in [5.41, 5.74) is 2.14. The SMILES string of the molecule is CCCNC(=O)C(C)Oc1c(C)cccc1CNCC. The number of aryl methyl sites for hydroxylation is 1. The Balaban J connectivity index is 2.76. The molecule has 0 aliphatic rings. The van der Waals surface area contributed by atoms with Gasteiger partial charge in [-0.25, -0.2) is 0 Å². The van der Waals surface area contributed by atoms with Gasteiger partial charge in [0.15, 0.2) is 6.10 Å². The zero-order valence-corrected chi connectivity index (χ0v) is 13.0. The molecule has 1 atom stereocenters. The number of carbonyl (C=O) groups excluding carboxylic acids is 1. The lowest BCUT2D eigenvalue weighted by atomic mass is 10.1. The minimum Gasteiger partial charge on any atom is -0.480 e. The number of hydrogen-bond acceptors (Lipinski definition) is 3. The van der Waals surface area contributed by atoms with E-state index in [1.54, 1.807) is 6.92 Å². The highest BCUT2D eigenvalue weighted by Crippen LogP contribution is 2.24. The molecule has 0 bridgehead atoms. The van der Waals surface area contributed by atoms with E-state index in [0.717, 1.165) is 36.4 Å². The highest BCUT2D eigenvalue weighted by Gasteiger charge is 2.16. The molecule has 0 saturated carbocycles. The van der Waals surface area contributed by atoms with Crippen molar-refractivity contribution in [3.63, 3.8) is 0 Å². The molecule has 0 aliphatic heterocycles. The van der Waals surface area contributed by atoms with Crippen molar-refractivity contribution < 1.29 is 9.53 Å². The first kappa shape index (κ1) is 16.5. The molecular weight excluding hydrogens is 252 g/mol. The summed E-state index contributed by atoms with van der Waals surface area (Å²) in [6.45, 7) is 10.2. The minimum atomic E-state index is -0.483. The molecule has 1 aromatic rings. The molecule has 0 heterocycles. The van der Waals surface area contributed by atoms with Gasteiger partial charge in [-0.1, -0.05) is 32.0 Å². The zero-order chi connectivity index (χ0) is 15.0. The summed E-state index contributed by atoms with van der Waals surface area (Å²) in [4.78, 5) is 11.9. The van der Waals surface area contributed by atoms with Crippen LogP contribution in [0.25, 0.3) is 0 Å². The summed E-state index contributed by atoms with van der Waals surface area (Å²) in [7, 11) is 0. The average Bonchev–Trinajstić information content (AvgIpc) is 2.45. The maximum atomic E-state index is 11.9. The van der Waals surface area contributed by atoms with Gasteiger partial charge < -0.3 is 15.4 Å². The third-order valence-corrected chi connectivity index (χ3v) is 3.07. The molecule has 0 aliphatic carbocycles. The predicted molar refractivity (Wildman–Crippen MR) is 82.0 cm³/mol. The fraction of sp³-hybridized carbons (Fsp3) is 0.562. The largest absolute Gasteiger partial charge is 0.480 e. The molecule has 4 heteroatoms. The maximum Gasteiger partial charge on any atom is 0.260 e. The van der Waals surface area contributed by atoms with Crippen LogP contribution >= 0.6 is 0 Å². The first-order valence-electron chi connectivity index (χ1n) is 7.33. The molecule has 4 nitrogen and oxygen atoms in total. The monoisotopic (exact) mass is 278 g/mol. The molecule has 112 valence electrons. The number of para-hydroxylation sites is 1. The van der Waals surface area contributed by atoms with E-state index in [1.165, 1.54) is 0 Å². The van der Waals surface area contributed by atoms with Crippen LogP contribution in [0.5, 0.6) is 5.75 Å². The van der Waals surface area contributed by atoms with E-state index in [1.807, 2.05) is 32.0 Å². The smallest absolute Gasteiger partial charge is 0.260 e. The van der Waals surface area contributed by atoms with Crippen LogP contribution in [0.3, 0.4) is 0 Å². The van der Waals surface area contributed by atoms with Crippen molar-refractivity contribution in [2.24, 2.45) is 0 Å². The summed E-state index contributed by atoms with van der Waals surface area (Å²) >= 11 is 0. The van der Waals surface area contributed by atoms with Gasteiger partial charge in [-0.2, -0.15) is 0 Å². The highest BCUT2D eigenvalue weighted by molar-refractivity contribution is 5.80. The number of rotatable bonds is 8. The molecule has 1 unspecified atom stereocenters. The molecule has 0 fully saturated rings. The van der Waals surface area contributed by atoms with Crippen LogP contribution in [0.2, 0.25) is 0 Å². The Kier molecular flexibility index (Phi) is 7.09. The standard InChI is InChI=1S/C16H26N2O2/c1-5-10-18-16(19)13(4)20-15-12(3)8-7-9-14(15)11-17-6-2/h7-9,13,17H,5-6,10-11H2,1-4H3,(H,18,19). The van der Waals surface area contributed by atoms with Gasteiger partial charge in [0.1, 0.15) is 5.75 Å². The highest BCUT2D eigenvalue weighted by atomic mass is 16.5. The molecule has 1 aromatic carbocycles. The Morgan fingerprint density at radius 2 is 2.10 bits per heavy atom. The van der Waals surface area contributed by atoms with Crippen LogP contribution in [0, 0.1) is 6.92 Å². The fourth-order valence-electron chi connectivity index (χ4n) is 1.90. The molecule has 0 radical (unpaired) electrons. The molecule has 2 N–H and O–H groups in total. The van der Waals surface area contributed by atoms with Crippen LogP contribution < -0.4 is 15.4 Å². The van der Waals surface area contributed by atoms with Crippen molar-refractivity contribution in [1.29, 1.82) is 0 Å². The lowest BCUT2D eigenvalue weighted by molar-refractivity contribution is -0.127. The van der Waals surface area contributed by atoms with E-state index in [9.17, 15) is 4.79 Å². The second-order valence-electron chi connectivity index (χ2n) is 4.89. The quantitative estimate of drug-likeness (QED) is 0.767. The van der Waals surface area contributed by atoms with Crippen LogP contribution in [-0.2, 0) is 11.3 Å². The summed E-state index contributed by atoms with van der Waals surface area (Å²) in [6, 6.07) is 6.04. The van der Waals surface area contributed by atoms with Crippen molar-refractivity contribution in [2.75, 3.05) is 13.1 Å². The molecule has 0 spiro atoms. The van der Waals surface area contributed by atoms with E-state index >= 15 is 0 Å². The summed E-state index contributed by atoms with van der Waals surface area (Å²) < 4.78 is 5.88. The Morgan fingerprint density at radius 1 is 1.35 bits per heavy atom. The number of ether oxygens (including phenoxy) is 1. The average molecular weight is 278 g/mol. The van der Waals surface area contributed by atoms with Crippen LogP contribution in [0.4, 0.5) is 0 Å². The van der Waals surface area contributed by atoms with Gasteiger partial charge in [-0.15, -0.1) is 0 Å². The number of hydrogen-bond donors (Lipinski definition) is 2. The van der Waals surface area contributed by atoms with Gasteiger partial charge in [-0.3, -0.25) is 4.79 Å². The molecule has 0 aromatic heterocycles. The summed E-state index contributed by atoms with van der Waals surface area (Å²) in [5.74, 6) is 0.747. The Hall–Kier alpha value is -1.55. The Bertz CT molecular complexity index is 432. The van der Waals surface area contributed by atoms with Gasteiger partial charge in [-0.05, 0) is 32.4 Å². The summed E-state index contributed by atoms with van der Waals surface area (Å²) in [5, 5.41) is 6.14. The van der Waals surface area contributed by atoms with Crippen LogP contribution in [0.15, 0.2) is 18.2 Å². The lowest BCUT2D eigenvalue weighted by Gasteiger charge is -2.19. The lowest BCUT2D eigenvalue weighted by Crippen LogP contribution is -2.37. The van der Waals surface area contributed by atoms with Crippen molar-refractivity contribution >= 4 is 5.91 Å². The van der Waals surface area contributed by atoms with Crippen LogP contribution in [-0.4, -0.2) is 25.1 Å².